The van der Waals surface area contributed by atoms with Gasteiger partial charge in [-0.2, -0.15) is 13.2 Å². The number of furan rings is 1. The molecule has 0 atom stereocenters. The molecule has 27 heavy (non-hydrogen) atoms. The summed E-state index contributed by atoms with van der Waals surface area (Å²) in [6, 6.07) is 7.27. The molecule has 0 bridgehead atoms. The SMILES string of the molecule is CNC(=O)c1c(-c2ccc(F)cc2)oc2cc(OCC(F)(F)F)c(O)cc12. The first-order valence-corrected chi connectivity index (χ1v) is 7.66. The standard InChI is InChI=1S/C18H13F4NO4/c1-23-17(25)15-11-6-12(24)14(26-8-18(20,21)22)7-13(11)27-16(15)9-2-4-10(19)5-3-9/h2-7,24H,8H2,1H3,(H,23,25). The van der Waals surface area contributed by atoms with Gasteiger partial charge in [0.25, 0.3) is 5.91 Å². The minimum Gasteiger partial charge on any atom is -0.504 e. The fourth-order valence-corrected chi connectivity index (χ4v) is 2.54. The van der Waals surface area contributed by atoms with Gasteiger partial charge in [-0.25, -0.2) is 4.39 Å². The lowest BCUT2D eigenvalue weighted by atomic mass is 10.0. The Morgan fingerprint density at radius 1 is 1.22 bits per heavy atom. The summed E-state index contributed by atoms with van der Waals surface area (Å²) in [6.07, 6.45) is -4.59. The van der Waals surface area contributed by atoms with Gasteiger partial charge in [0.05, 0.1) is 5.56 Å². The molecule has 1 amide bonds. The van der Waals surface area contributed by atoms with Crippen LogP contribution in [0.4, 0.5) is 17.6 Å². The average molecular weight is 383 g/mol. The van der Waals surface area contributed by atoms with E-state index in [1.807, 2.05) is 0 Å². The number of alkyl halides is 3. The van der Waals surface area contributed by atoms with Crippen LogP contribution in [0.2, 0.25) is 0 Å². The lowest BCUT2D eigenvalue weighted by Gasteiger charge is -2.10. The van der Waals surface area contributed by atoms with Gasteiger partial charge in [0.15, 0.2) is 18.1 Å². The Morgan fingerprint density at radius 3 is 2.48 bits per heavy atom. The number of amides is 1. The van der Waals surface area contributed by atoms with Crippen LogP contribution < -0.4 is 10.1 Å². The number of phenols is 1. The minimum atomic E-state index is -4.59. The molecule has 1 aromatic heterocycles. The quantitative estimate of drug-likeness (QED) is 0.661. The van der Waals surface area contributed by atoms with Crippen LogP contribution in [-0.2, 0) is 0 Å². The van der Waals surface area contributed by atoms with E-state index in [-0.39, 0.29) is 22.3 Å². The van der Waals surface area contributed by atoms with Crippen molar-refractivity contribution in [2.75, 3.05) is 13.7 Å². The van der Waals surface area contributed by atoms with Crippen molar-refractivity contribution in [3.05, 3.63) is 47.8 Å². The van der Waals surface area contributed by atoms with Gasteiger partial charge in [-0.05, 0) is 30.3 Å². The van der Waals surface area contributed by atoms with Gasteiger partial charge >= 0.3 is 6.18 Å². The molecular weight excluding hydrogens is 370 g/mol. The smallest absolute Gasteiger partial charge is 0.422 e. The topological polar surface area (TPSA) is 71.7 Å². The highest BCUT2D eigenvalue weighted by molar-refractivity contribution is 6.11. The number of benzene rings is 2. The maximum absolute atomic E-state index is 13.2. The molecule has 0 saturated heterocycles. The lowest BCUT2D eigenvalue weighted by molar-refractivity contribution is -0.153. The van der Waals surface area contributed by atoms with Crippen LogP contribution in [0.5, 0.6) is 11.5 Å². The fraction of sp³-hybridized carbons (Fsp3) is 0.167. The van der Waals surface area contributed by atoms with Gasteiger partial charge in [-0.3, -0.25) is 4.79 Å². The number of carbonyl (C=O) groups excluding carboxylic acids is 1. The monoisotopic (exact) mass is 383 g/mol. The molecule has 0 radical (unpaired) electrons. The van der Waals surface area contributed by atoms with E-state index in [0.717, 1.165) is 12.1 Å². The highest BCUT2D eigenvalue weighted by Crippen LogP contribution is 2.39. The third-order valence-electron chi connectivity index (χ3n) is 3.72. The van der Waals surface area contributed by atoms with E-state index in [9.17, 15) is 27.5 Å². The first-order chi connectivity index (χ1) is 12.7. The number of rotatable bonds is 4. The van der Waals surface area contributed by atoms with Crippen LogP contribution in [0.25, 0.3) is 22.3 Å². The molecule has 0 fully saturated rings. The van der Waals surface area contributed by atoms with Crippen LogP contribution in [0.15, 0.2) is 40.8 Å². The highest BCUT2D eigenvalue weighted by atomic mass is 19.4. The summed E-state index contributed by atoms with van der Waals surface area (Å²) in [7, 11) is 1.39. The Labute approximate surface area is 150 Å². The van der Waals surface area contributed by atoms with E-state index in [1.54, 1.807) is 0 Å². The van der Waals surface area contributed by atoms with Crippen molar-refractivity contribution in [3.8, 4) is 22.8 Å². The van der Waals surface area contributed by atoms with E-state index in [4.69, 9.17) is 4.42 Å². The molecule has 0 saturated carbocycles. The van der Waals surface area contributed by atoms with Gasteiger partial charge < -0.3 is 19.6 Å². The summed E-state index contributed by atoms with van der Waals surface area (Å²) in [5, 5.41) is 12.6. The maximum atomic E-state index is 13.2. The Morgan fingerprint density at radius 2 is 1.89 bits per heavy atom. The van der Waals surface area contributed by atoms with E-state index in [2.05, 4.69) is 10.1 Å². The Hall–Kier alpha value is -3.23. The molecule has 0 aliphatic carbocycles. The van der Waals surface area contributed by atoms with Crippen LogP contribution in [0, 0.1) is 5.82 Å². The minimum absolute atomic E-state index is 0.0305. The summed E-state index contributed by atoms with van der Waals surface area (Å²) in [6.45, 7) is -1.60. The number of aromatic hydroxyl groups is 1. The lowest BCUT2D eigenvalue weighted by Crippen LogP contribution is -2.19. The summed E-state index contributed by atoms with van der Waals surface area (Å²) in [5.41, 5.74) is 0.461. The first-order valence-electron chi connectivity index (χ1n) is 7.66. The second kappa shape index (κ2) is 6.82. The molecular formula is C18H13F4NO4. The van der Waals surface area contributed by atoms with Crippen molar-refractivity contribution >= 4 is 16.9 Å². The second-order valence-corrected chi connectivity index (χ2v) is 5.61. The summed E-state index contributed by atoms with van der Waals surface area (Å²) >= 11 is 0. The number of hydrogen-bond acceptors (Lipinski definition) is 4. The molecule has 2 aromatic carbocycles. The fourth-order valence-electron chi connectivity index (χ4n) is 2.54. The van der Waals surface area contributed by atoms with Gasteiger partial charge in [0, 0.05) is 24.1 Å². The number of phenolic OH excluding ortho intramolecular Hbond substituents is 1. The third-order valence-corrected chi connectivity index (χ3v) is 3.72. The van der Waals surface area contributed by atoms with Crippen molar-refractivity contribution in [2.45, 2.75) is 6.18 Å². The zero-order valence-electron chi connectivity index (χ0n) is 13.9. The molecule has 5 nitrogen and oxygen atoms in total. The van der Waals surface area contributed by atoms with Crippen LogP contribution >= 0.6 is 0 Å². The zero-order chi connectivity index (χ0) is 19.8. The van der Waals surface area contributed by atoms with Gasteiger partial charge in [0.2, 0.25) is 0 Å². The van der Waals surface area contributed by atoms with Crippen molar-refractivity contribution in [2.24, 2.45) is 0 Å². The summed E-state index contributed by atoms with van der Waals surface area (Å²) in [5.74, 6) is -1.98. The molecule has 0 unspecified atom stereocenters. The number of ether oxygens (including phenoxy) is 1. The average Bonchev–Trinajstić information content (AvgIpc) is 2.97. The third kappa shape index (κ3) is 3.81. The van der Waals surface area contributed by atoms with Crippen molar-refractivity contribution in [1.82, 2.24) is 5.32 Å². The van der Waals surface area contributed by atoms with Gasteiger partial charge in [-0.1, -0.05) is 0 Å². The molecule has 0 spiro atoms. The molecule has 3 rings (SSSR count). The molecule has 9 heteroatoms. The van der Waals surface area contributed by atoms with Crippen LogP contribution in [-0.4, -0.2) is 30.8 Å². The van der Waals surface area contributed by atoms with Crippen molar-refractivity contribution in [3.63, 3.8) is 0 Å². The van der Waals surface area contributed by atoms with Crippen molar-refractivity contribution < 1.29 is 36.6 Å². The van der Waals surface area contributed by atoms with Crippen LogP contribution in [0.3, 0.4) is 0 Å². The van der Waals surface area contributed by atoms with Gasteiger partial charge in [0.1, 0.15) is 17.2 Å². The highest BCUT2D eigenvalue weighted by Gasteiger charge is 2.29. The molecule has 0 aliphatic heterocycles. The number of carbonyl (C=O) groups is 1. The van der Waals surface area contributed by atoms with Gasteiger partial charge in [-0.15, -0.1) is 0 Å². The first kappa shape index (κ1) is 18.6. The molecule has 142 valence electrons. The van der Waals surface area contributed by atoms with E-state index in [0.29, 0.717) is 5.56 Å². The predicted molar refractivity (Wildman–Crippen MR) is 88.2 cm³/mol. The van der Waals surface area contributed by atoms with E-state index < -0.39 is 36.0 Å². The number of fused-ring (bicyclic) bond motifs is 1. The van der Waals surface area contributed by atoms with Crippen molar-refractivity contribution in [1.29, 1.82) is 0 Å². The normalized spacial score (nSPS) is 11.6. The van der Waals surface area contributed by atoms with Crippen LogP contribution in [0.1, 0.15) is 10.4 Å². The summed E-state index contributed by atoms with van der Waals surface area (Å²) in [4.78, 5) is 12.3. The summed E-state index contributed by atoms with van der Waals surface area (Å²) < 4.78 is 60.4. The maximum Gasteiger partial charge on any atom is 0.422 e. The second-order valence-electron chi connectivity index (χ2n) is 5.61. The number of nitrogens with one attached hydrogen (secondary N) is 1. The number of hydrogen-bond donors (Lipinski definition) is 2. The van der Waals surface area contributed by atoms with E-state index >= 15 is 0 Å². The molecule has 2 N–H and O–H groups in total. The van der Waals surface area contributed by atoms with E-state index in [1.165, 1.54) is 31.3 Å². The number of halogens is 4. The largest absolute Gasteiger partial charge is 0.504 e. The Bertz CT molecular complexity index is 993. The molecule has 0 aliphatic rings. The Balaban J connectivity index is 2.15. The Kier molecular flexibility index (Phi) is 4.69. The predicted octanol–water partition coefficient (Wildman–Crippen LogP) is 4.25. The molecule has 3 aromatic rings. The zero-order valence-corrected chi connectivity index (χ0v) is 13.9. The molecule has 1 heterocycles.